The lowest BCUT2D eigenvalue weighted by atomic mass is 10.0. The van der Waals surface area contributed by atoms with Crippen LogP contribution in [0.5, 0.6) is 0 Å². The summed E-state index contributed by atoms with van der Waals surface area (Å²) in [5.41, 5.74) is 0.0720. The molecule has 1 heterocycles. The van der Waals surface area contributed by atoms with Crippen molar-refractivity contribution in [2.45, 2.75) is 26.3 Å². The van der Waals surface area contributed by atoms with Gasteiger partial charge in [-0.05, 0) is 25.3 Å². The second-order valence-electron chi connectivity index (χ2n) is 6.01. The number of aryl methyl sites for hydroxylation is 1. The van der Waals surface area contributed by atoms with Gasteiger partial charge in [0.25, 0.3) is 0 Å². The van der Waals surface area contributed by atoms with Crippen LogP contribution in [0.15, 0.2) is 40.9 Å². The standard InChI is InChI=1S/C17H19N3O3/c1-12-10-14(19-23-12)18-15(21)17(8-9-17)16(22)20(2)11-13-6-4-3-5-7-13/h3-7,10H,8-9,11H2,1-2H3,(H,18,19,21). The number of aromatic nitrogens is 1. The molecular weight excluding hydrogens is 294 g/mol. The highest BCUT2D eigenvalue weighted by Gasteiger charge is 2.57. The first-order valence-corrected chi connectivity index (χ1v) is 7.55. The third-order valence-corrected chi connectivity index (χ3v) is 4.07. The molecule has 1 N–H and O–H groups in total. The minimum absolute atomic E-state index is 0.154. The summed E-state index contributed by atoms with van der Waals surface area (Å²) in [6.45, 7) is 2.23. The highest BCUT2D eigenvalue weighted by Crippen LogP contribution is 2.48. The van der Waals surface area contributed by atoms with Crippen LogP contribution < -0.4 is 5.32 Å². The molecular formula is C17H19N3O3. The summed E-state index contributed by atoms with van der Waals surface area (Å²) in [7, 11) is 1.73. The average molecular weight is 313 g/mol. The van der Waals surface area contributed by atoms with Crippen LogP contribution in [0.25, 0.3) is 0 Å². The maximum absolute atomic E-state index is 12.7. The number of nitrogens with zero attached hydrogens (tertiary/aromatic N) is 2. The van der Waals surface area contributed by atoms with Gasteiger partial charge >= 0.3 is 0 Å². The van der Waals surface area contributed by atoms with Gasteiger partial charge in [0.15, 0.2) is 5.82 Å². The topological polar surface area (TPSA) is 75.4 Å². The highest BCUT2D eigenvalue weighted by atomic mass is 16.5. The number of hydrogen-bond acceptors (Lipinski definition) is 4. The normalized spacial score (nSPS) is 15.0. The van der Waals surface area contributed by atoms with Gasteiger partial charge in [-0.25, -0.2) is 0 Å². The molecule has 1 aliphatic carbocycles. The van der Waals surface area contributed by atoms with Crippen molar-refractivity contribution in [1.29, 1.82) is 0 Å². The van der Waals surface area contributed by atoms with E-state index in [-0.39, 0.29) is 11.8 Å². The van der Waals surface area contributed by atoms with E-state index in [2.05, 4.69) is 10.5 Å². The number of amides is 2. The van der Waals surface area contributed by atoms with E-state index in [9.17, 15) is 9.59 Å². The lowest BCUT2D eigenvalue weighted by molar-refractivity contribution is -0.141. The van der Waals surface area contributed by atoms with E-state index in [0.29, 0.717) is 31.0 Å². The van der Waals surface area contributed by atoms with E-state index in [4.69, 9.17) is 4.52 Å². The van der Waals surface area contributed by atoms with Gasteiger partial charge < -0.3 is 14.7 Å². The number of benzene rings is 1. The first kappa shape index (κ1) is 15.3. The molecule has 2 aromatic rings. The van der Waals surface area contributed by atoms with E-state index in [1.165, 1.54) is 0 Å². The van der Waals surface area contributed by atoms with E-state index in [0.717, 1.165) is 5.56 Å². The molecule has 6 heteroatoms. The Morgan fingerprint density at radius 2 is 2.00 bits per heavy atom. The average Bonchev–Trinajstić information content (AvgIpc) is 3.26. The van der Waals surface area contributed by atoms with Crippen LogP contribution in [0.4, 0.5) is 5.82 Å². The Morgan fingerprint density at radius 1 is 1.30 bits per heavy atom. The van der Waals surface area contributed by atoms with Gasteiger partial charge in [0, 0.05) is 19.7 Å². The van der Waals surface area contributed by atoms with Crippen molar-refractivity contribution < 1.29 is 14.1 Å². The molecule has 0 aliphatic heterocycles. The Hall–Kier alpha value is -2.63. The van der Waals surface area contributed by atoms with E-state index < -0.39 is 5.41 Å². The molecule has 0 radical (unpaired) electrons. The predicted molar refractivity (Wildman–Crippen MR) is 84.5 cm³/mol. The molecule has 0 spiro atoms. The first-order valence-electron chi connectivity index (χ1n) is 7.55. The van der Waals surface area contributed by atoms with Gasteiger partial charge in [0.05, 0.1) is 0 Å². The smallest absolute Gasteiger partial charge is 0.241 e. The van der Waals surface area contributed by atoms with Crippen molar-refractivity contribution in [3.8, 4) is 0 Å². The van der Waals surface area contributed by atoms with Crippen LogP contribution in [0, 0.1) is 12.3 Å². The summed E-state index contributed by atoms with van der Waals surface area (Å²) in [4.78, 5) is 26.8. The largest absolute Gasteiger partial charge is 0.360 e. The lowest BCUT2D eigenvalue weighted by Crippen LogP contribution is -2.40. The lowest BCUT2D eigenvalue weighted by Gasteiger charge is -2.22. The van der Waals surface area contributed by atoms with Crippen LogP contribution in [0.1, 0.15) is 24.2 Å². The van der Waals surface area contributed by atoms with Crippen LogP contribution >= 0.6 is 0 Å². The molecule has 3 rings (SSSR count). The van der Waals surface area contributed by atoms with Gasteiger partial charge in [-0.3, -0.25) is 9.59 Å². The van der Waals surface area contributed by atoms with E-state index in [1.807, 2.05) is 30.3 Å². The van der Waals surface area contributed by atoms with Gasteiger partial charge in [0.2, 0.25) is 11.8 Å². The monoisotopic (exact) mass is 313 g/mol. The van der Waals surface area contributed by atoms with Crippen molar-refractivity contribution in [2.75, 3.05) is 12.4 Å². The van der Waals surface area contributed by atoms with E-state index in [1.54, 1.807) is 24.9 Å². The molecule has 0 bridgehead atoms. The van der Waals surface area contributed by atoms with Crippen LogP contribution in [0.3, 0.4) is 0 Å². The third-order valence-electron chi connectivity index (χ3n) is 4.07. The molecule has 2 amide bonds. The maximum atomic E-state index is 12.7. The molecule has 0 atom stereocenters. The molecule has 6 nitrogen and oxygen atoms in total. The molecule has 0 saturated heterocycles. The fourth-order valence-electron chi connectivity index (χ4n) is 2.62. The number of rotatable bonds is 5. The summed E-state index contributed by atoms with van der Waals surface area (Å²) < 4.78 is 4.93. The highest BCUT2D eigenvalue weighted by molar-refractivity contribution is 6.12. The number of carbonyl (C=O) groups excluding carboxylic acids is 2. The van der Waals surface area contributed by atoms with Crippen LogP contribution in [0.2, 0.25) is 0 Å². The molecule has 1 aliphatic rings. The SMILES string of the molecule is Cc1cc(NC(=O)C2(C(=O)N(C)Cc3ccccc3)CC2)no1. The summed E-state index contributed by atoms with van der Waals surface area (Å²) in [5.74, 6) is 0.490. The molecule has 1 fully saturated rings. The second kappa shape index (κ2) is 5.87. The Labute approximate surface area is 134 Å². The Balaban J connectivity index is 1.67. The molecule has 1 saturated carbocycles. The minimum atomic E-state index is -0.962. The molecule has 23 heavy (non-hydrogen) atoms. The van der Waals surface area contributed by atoms with Crippen LogP contribution in [-0.2, 0) is 16.1 Å². The zero-order chi connectivity index (χ0) is 16.4. The fraction of sp³-hybridized carbons (Fsp3) is 0.353. The first-order chi connectivity index (χ1) is 11.0. The summed E-state index contributed by atoms with van der Waals surface area (Å²) in [6, 6.07) is 11.3. The quantitative estimate of drug-likeness (QED) is 0.860. The predicted octanol–water partition coefficient (Wildman–Crippen LogP) is 2.36. The van der Waals surface area contributed by atoms with Crippen molar-refractivity contribution in [3.05, 3.63) is 47.7 Å². The molecule has 1 aromatic carbocycles. The minimum Gasteiger partial charge on any atom is -0.360 e. The fourth-order valence-corrected chi connectivity index (χ4v) is 2.62. The Morgan fingerprint density at radius 3 is 2.57 bits per heavy atom. The van der Waals surface area contributed by atoms with E-state index >= 15 is 0 Å². The number of carbonyl (C=O) groups is 2. The van der Waals surface area contributed by atoms with Gasteiger partial charge in [0.1, 0.15) is 11.2 Å². The second-order valence-corrected chi connectivity index (χ2v) is 6.01. The summed E-state index contributed by atoms with van der Waals surface area (Å²) in [5, 5.41) is 6.41. The van der Waals surface area contributed by atoms with Crippen molar-refractivity contribution in [1.82, 2.24) is 10.1 Å². The molecule has 0 unspecified atom stereocenters. The van der Waals surface area contributed by atoms with Gasteiger partial charge in [-0.1, -0.05) is 35.5 Å². The Kier molecular flexibility index (Phi) is 3.90. The molecule has 1 aromatic heterocycles. The number of hydrogen-bond donors (Lipinski definition) is 1. The zero-order valence-electron chi connectivity index (χ0n) is 13.2. The van der Waals surface area contributed by atoms with Gasteiger partial charge in [-0.15, -0.1) is 0 Å². The Bertz CT molecular complexity index is 720. The number of nitrogens with one attached hydrogen (secondary N) is 1. The maximum Gasteiger partial charge on any atom is 0.241 e. The number of anilines is 1. The zero-order valence-corrected chi connectivity index (χ0v) is 13.2. The summed E-state index contributed by atoms with van der Waals surface area (Å²) in [6.07, 6.45) is 1.13. The van der Waals surface area contributed by atoms with Crippen molar-refractivity contribution >= 4 is 17.6 Å². The van der Waals surface area contributed by atoms with Crippen molar-refractivity contribution in [3.63, 3.8) is 0 Å². The summed E-state index contributed by atoms with van der Waals surface area (Å²) >= 11 is 0. The van der Waals surface area contributed by atoms with Gasteiger partial charge in [-0.2, -0.15) is 0 Å². The molecule has 120 valence electrons. The van der Waals surface area contributed by atoms with Crippen LogP contribution in [-0.4, -0.2) is 28.9 Å². The third kappa shape index (κ3) is 3.11. The van der Waals surface area contributed by atoms with Crippen molar-refractivity contribution in [2.24, 2.45) is 5.41 Å².